The van der Waals surface area contributed by atoms with Gasteiger partial charge in [-0.2, -0.15) is 0 Å². The number of carbonyl (C=O) groups excluding carboxylic acids is 1. The van der Waals surface area contributed by atoms with Crippen LogP contribution in [0, 0.1) is 6.92 Å². The minimum Gasteiger partial charge on any atom is -0.483 e. The van der Waals surface area contributed by atoms with Crippen molar-refractivity contribution in [2.45, 2.75) is 52.2 Å². The van der Waals surface area contributed by atoms with E-state index in [1.54, 1.807) is 11.5 Å². The molecule has 0 aliphatic carbocycles. The van der Waals surface area contributed by atoms with Crippen LogP contribution >= 0.6 is 0 Å². The van der Waals surface area contributed by atoms with Crippen molar-refractivity contribution >= 4 is 11.9 Å². The van der Waals surface area contributed by atoms with Crippen molar-refractivity contribution in [2.24, 2.45) is 0 Å². The largest absolute Gasteiger partial charge is 0.483 e. The highest BCUT2D eigenvalue weighted by molar-refractivity contribution is 5.84. The number of carboxylic acids is 1. The van der Waals surface area contributed by atoms with Crippen molar-refractivity contribution in [1.29, 1.82) is 0 Å². The first-order valence-corrected chi connectivity index (χ1v) is 9.05. The molecule has 0 fully saturated rings. The van der Waals surface area contributed by atoms with Crippen molar-refractivity contribution in [3.05, 3.63) is 41.5 Å². The second-order valence-electron chi connectivity index (χ2n) is 6.79. The highest BCUT2D eigenvalue weighted by atomic mass is 16.5. The van der Waals surface area contributed by atoms with Gasteiger partial charge >= 0.3 is 5.97 Å². The lowest BCUT2D eigenvalue weighted by Gasteiger charge is -2.33. The zero-order valence-corrected chi connectivity index (χ0v) is 15.8. The summed E-state index contributed by atoms with van der Waals surface area (Å²) in [5, 5.41) is 17.6. The van der Waals surface area contributed by atoms with Gasteiger partial charge in [-0.3, -0.25) is 4.79 Å². The number of aromatic nitrogens is 3. The first kappa shape index (κ1) is 18.9. The minimum absolute atomic E-state index is 0.104. The van der Waals surface area contributed by atoms with Crippen LogP contribution in [0.2, 0.25) is 0 Å². The Morgan fingerprint density at radius 1 is 1.33 bits per heavy atom. The molecular formula is C19H24N4O4. The normalized spacial score (nSPS) is 17.3. The number of carbonyl (C=O) groups is 2. The smallest absolute Gasteiger partial charge is 0.328 e. The third-order valence-corrected chi connectivity index (χ3v) is 5.07. The summed E-state index contributed by atoms with van der Waals surface area (Å²) >= 11 is 0. The molecule has 27 heavy (non-hydrogen) atoms. The Balaban J connectivity index is 1.75. The minimum atomic E-state index is -1.05. The van der Waals surface area contributed by atoms with Crippen molar-refractivity contribution in [3.63, 3.8) is 0 Å². The van der Waals surface area contributed by atoms with Gasteiger partial charge in [-0.1, -0.05) is 32.0 Å². The molecule has 3 rings (SSSR count). The molecule has 2 atom stereocenters. The summed E-state index contributed by atoms with van der Waals surface area (Å²) in [6.07, 6.45) is 0.955. The number of aryl methyl sites for hydroxylation is 1. The highest BCUT2D eigenvalue weighted by Crippen LogP contribution is 2.28. The molecule has 1 aromatic carbocycles. The average Bonchev–Trinajstić information content (AvgIpc) is 3.04. The van der Waals surface area contributed by atoms with Crippen LogP contribution in [0.5, 0.6) is 5.75 Å². The lowest BCUT2D eigenvalue weighted by atomic mass is 9.98. The number of ether oxygens (including phenoxy) is 1. The Hall–Kier alpha value is -2.90. The fraction of sp³-hybridized carbons (Fsp3) is 0.474. The molecule has 2 aromatic rings. The summed E-state index contributed by atoms with van der Waals surface area (Å²) in [4.78, 5) is 25.7. The van der Waals surface area contributed by atoms with Gasteiger partial charge in [0.1, 0.15) is 17.6 Å². The van der Waals surface area contributed by atoms with Crippen molar-refractivity contribution in [1.82, 2.24) is 19.7 Å². The van der Waals surface area contributed by atoms with Crippen molar-refractivity contribution < 1.29 is 19.4 Å². The summed E-state index contributed by atoms with van der Waals surface area (Å²) in [7, 11) is 0. The molecule has 0 saturated heterocycles. The third kappa shape index (κ3) is 3.79. The predicted molar refractivity (Wildman–Crippen MR) is 97.4 cm³/mol. The van der Waals surface area contributed by atoms with Gasteiger partial charge in [0, 0.05) is 0 Å². The molecule has 1 aromatic heterocycles. The lowest BCUT2D eigenvalue weighted by molar-refractivity contribution is -0.153. The molecule has 0 spiro atoms. The van der Waals surface area contributed by atoms with E-state index in [1.165, 1.54) is 4.90 Å². The molecule has 2 unspecified atom stereocenters. The topological polar surface area (TPSA) is 97.5 Å². The summed E-state index contributed by atoms with van der Waals surface area (Å²) in [6, 6.07) is 6.65. The zero-order chi connectivity index (χ0) is 19.6. The molecule has 1 aliphatic heterocycles. The number of fused-ring (bicyclic) bond motifs is 1. The number of hydrogen-bond donors (Lipinski definition) is 1. The summed E-state index contributed by atoms with van der Waals surface area (Å²) in [6.45, 7) is 5.98. The Morgan fingerprint density at radius 3 is 2.78 bits per heavy atom. The van der Waals surface area contributed by atoms with E-state index >= 15 is 0 Å². The van der Waals surface area contributed by atoms with Gasteiger partial charge in [-0.25, -0.2) is 4.79 Å². The van der Waals surface area contributed by atoms with Crippen LogP contribution in [-0.4, -0.2) is 49.3 Å². The van der Waals surface area contributed by atoms with Crippen LogP contribution in [0.4, 0.5) is 0 Å². The molecule has 0 radical (unpaired) electrons. The molecule has 1 aliphatic rings. The maximum Gasteiger partial charge on any atom is 0.328 e. The van der Waals surface area contributed by atoms with E-state index in [4.69, 9.17) is 4.74 Å². The van der Waals surface area contributed by atoms with Gasteiger partial charge in [0.2, 0.25) is 0 Å². The monoisotopic (exact) mass is 372 g/mol. The Kier molecular flexibility index (Phi) is 5.43. The van der Waals surface area contributed by atoms with Crippen molar-refractivity contribution in [2.75, 3.05) is 6.61 Å². The number of nitrogens with zero attached hydrogens (tertiary/aromatic N) is 4. The van der Waals surface area contributed by atoms with Gasteiger partial charge in [0.25, 0.3) is 5.91 Å². The maximum absolute atomic E-state index is 12.7. The molecule has 1 N–H and O–H groups in total. The molecule has 144 valence electrons. The van der Waals surface area contributed by atoms with E-state index in [9.17, 15) is 14.7 Å². The highest BCUT2D eigenvalue weighted by Gasteiger charge is 2.36. The fourth-order valence-corrected chi connectivity index (χ4v) is 3.25. The van der Waals surface area contributed by atoms with Crippen LogP contribution in [0.15, 0.2) is 24.3 Å². The Labute approximate surface area is 157 Å². The van der Waals surface area contributed by atoms with Gasteiger partial charge < -0.3 is 19.3 Å². The summed E-state index contributed by atoms with van der Waals surface area (Å²) in [5.41, 5.74) is 1.04. The van der Waals surface area contributed by atoms with E-state index in [2.05, 4.69) is 24.0 Å². The number of carboxylic acid groups (broad SMARTS) is 1. The number of rotatable bonds is 6. The third-order valence-electron chi connectivity index (χ3n) is 5.07. The van der Waals surface area contributed by atoms with E-state index in [0.29, 0.717) is 23.3 Å². The van der Waals surface area contributed by atoms with Gasteiger partial charge in [0.15, 0.2) is 12.4 Å². The molecule has 8 nitrogen and oxygen atoms in total. The molecule has 8 heteroatoms. The molecule has 0 bridgehead atoms. The predicted octanol–water partition coefficient (Wildman–Crippen LogP) is 1.97. The molecule has 2 heterocycles. The number of hydrogen-bond acceptors (Lipinski definition) is 5. The number of para-hydroxylation sites is 1. The van der Waals surface area contributed by atoms with Crippen LogP contribution in [0.25, 0.3) is 0 Å². The molecule has 1 amide bonds. The lowest BCUT2D eigenvalue weighted by Crippen LogP contribution is -2.52. The van der Waals surface area contributed by atoms with E-state index in [0.717, 1.165) is 12.0 Å². The maximum atomic E-state index is 12.7. The zero-order valence-electron chi connectivity index (χ0n) is 15.8. The van der Waals surface area contributed by atoms with E-state index < -0.39 is 12.0 Å². The number of aliphatic carboxylic acids is 1. The summed E-state index contributed by atoms with van der Waals surface area (Å²) in [5.74, 6) is 0.749. The average molecular weight is 372 g/mol. The SMILES string of the molecule is CCC(C)c1ccccc1OCC(=O)N1Cc2nnc(C)n2CC1C(=O)O. The quantitative estimate of drug-likeness (QED) is 0.833. The first-order chi connectivity index (χ1) is 12.9. The second-order valence-corrected chi connectivity index (χ2v) is 6.79. The van der Waals surface area contributed by atoms with Gasteiger partial charge in [-0.15, -0.1) is 10.2 Å². The Bertz CT molecular complexity index is 848. The van der Waals surface area contributed by atoms with Crippen LogP contribution in [0.1, 0.15) is 43.4 Å². The summed E-state index contributed by atoms with van der Waals surface area (Å²) < 4.78 is 7.51. The first-order valence-electron chi connectivity index (χ1n) is 9.05. The molecular weight excluding hydrogens is 348 g/mol. The number of benzene rings is 1. The molecule has 0 saturated carbocycles. The van der Waals surface area contributed by atoms with Crippen LogP contribution in [0.3, 0.4) is 0 Å². The second kappa shape index (κ2) is 7.77. The van der Waals surface area contributed by atoms with Gasteiger partial charge in [0.05, 0.1) is 13.1 Å². The van der Waals surface area contributed by atoms with Crippen LogP contribution < -0.4 is 4.74 Å². The van der Waals surface area contributed by atoms with E-state index in [-0.39, 0.29) is 25.6 Å². The number of amides is 1. The standard InChI is InChI=1S/C19H24N4O4/c1-4-12(2)14-7-5-6-8-16(14)27-11-18(24)23-10-17-21-20-13(3)22(17)9-15(23)19(25)26/h5-8,12,15H,4,9-11H2,1-3H3,(H,25,26). The van der Waals surface area contributed by atoms with Gasteiger partial charge in [-0.05, 0) is 30.9 Å². The van der Waals surface area contributed by atoms with E-state index in [1.807, 2.05) is 24.3 Å². The Morgan fingerprint density at radius 2 is 2.07 bits per heavy atom. The fourth-order valence-electron chi connectivity index (χ4n) is 3.25. The van der Waals surface area contributed by atoms with Crippen molar-refractivity contribution in [3.8, 4) is 5.75 Å². The van der Waals surface area contributed by atoms with Crippen LogP contribution in [-0.2, 0) is 22.7 Å².